The van der Waals surface area contributed by atoms with E-state index >= 15 is 0 Å². The third kappa shape index (κ3) is 2.50. The molecule has 106 valence electrons. The molecule has 0 saturated carbocycles. The maximum Gasteiger partial charge on any atom is 0.270 e. The average molecular weight is 284 g/mol. The van der Waals surface area contributed by atoms with Crippen LogP contribution in [0.5, 0.6) is 0 Å². The Balaban J connectivity index is 1.95. The van der Waals surface area contributed by atoms with Crippen molar-refractivity contribution in [2.24, 2.45) is 0 Å². The Morgan fingerprint density at radius 1 is 1.38 bits per heavy atom. The van der Waals surface area contributed by atoms with Crippen LogP contribution in [0.3, 0.4) is 0 Å². The predicted octanol–water partition coefficient (Wildman–Crippen LogP) is 2.18. The summed E-state index contributed by atoms with van der Waals surface area (Å²) in [5, 5.41) is 21.5. The molecule has 2 heterocycles. The van der Waals surface area contributed by atoms with Crippen molar-refractivity contribution in [3.05, 3.63) is 52.1 Å². The van der Waals surface area contributed by atoms with Crippen LogP contribution in [0.1, 0.15) is 11.3 Å². The zero-order valence-electron chi connectivity index (χ0n) is 11.2. The van der Waals surface area contributed by atoms with Crippen LogP contribution in [0.2, 0.25) is 0 Å². The number of nitrogens with zero attached hydrogens (tertiary/aromatic N) is 4. The number of hydrogen-bond acceptors (Lipinski definition) is 6. The molecule has 8 heteroatoms. The van der Waals surface area contributed by atoms with Crippen molar-refractivity contribution in [1.29, 1.82) is 0 Å². The average Bonchev–Trinajstić information content (AvgIpc) is 2.89. The summed E-state index contributed by atoms with van der Waals surface area (Å²) in [7, 11) is 0. The first-order chi connectivity index (χ1) is 10.1. The van der Waals surface area contributed by atoms with E-state index in [1.165, 1.54) is 18.5 Å². The van der Waals surface area contributed by atoms with Crippen LogP contribution in [0.4, 0.5) is 11.5 Å². The van der Waals surface area contributed by atoms with Crippen LogP contribution < -0.4 is 5.32 Å². The molecule has 1 aromatic carbocycles. The molecule has 3 aromatic rings. The molecule has 0 radical (unpaired) electrons. The zero-order chi connectivity index (χ0) is 14.8. The van der Waals surface area contributed by atoms with Gasteiger partial charge in [0.2, 0.25) is 0 Å². The van der Waals surface area contributed by atoms with Crippen LogP contribution in [0.25, 0.3) is 10.9 Å². The molecule has 0 atom stereocenters. The number of benzene rings is 1. The van der Waals surface area contributed by atoms with E-state index in [2.05, 4.69) is 25.5 Å². The monoisotopic (exact) mass is 284 g/mol. The van der Waals surface area contributed by atoms with Crippen molar-refractivity contribution in [3.8, 4) is 0 Å². The van der Waals surface area contributed by atoms with Crippen LogP contribution in [-0.2, 0) is 6.54 Å². The summed E-state index contributed by atoms with van der Waals surface area (Å²) in [4.78, 5) is 18.7. The van der Waals surface area contributed by atoms with E-state index in [9.17, 15) is 10.1 Å². The van der Waals surface area contributed by atoms with Crippen molar-refractivity contribution >= 4 is 22.4 Å². The molecule has 0 spiro atoms. The molecule has 2 aromatic heterocycles. The van der Waals surface area contributed by atoms with Crippen molar-refractivity contribution < 1.29 is 4.92 Å². The number of nitro groups is 1. The van der Waals surface area contributed by atoms with Gasteiger partial charge < -0.3 is 5.32 Å². The summed E-state index contributed by atoms with van der Waals surface area (Å²) < 4.78 is 0. The number of nitrogens with one attached hydrogen (secondary N) is 2. The van der Waals surface area contributed by atoms with Gasteiger partial charge in [0.1, 0.15) is 12.1 Å². The number of non-ortho nitro benzene ring substituents is 1. The van der Waals surface area contributed by atoms with E-state index in [0.717, 1.165) is 11.3 Å². The SMILES string of the molecule is Cc1[nH]ncc1CNc1ncnc2ccc([N+](=O)[O-])cc12. The standard InChI is InChI=1S/C13H12N6O2/c1-8-9(6-17-18-8)5-14-13-11-4-10(19(20)21)2-3-12(11)15-7-16-13/h2-4,6-7H,5H2,1H3,(H,17,18)(H,14,15,16). The van der Waals surface area contributed by atoms with Crippen LogP contribution in [0.15, 0.2) is 30.7 Å². The van der Waals surface area contributed by atoms with E-state index in [0.29, 0.717) is 23.3 Å². The Bertz CT molecular complexity index is 813. The molecule has 21 heavy (non-hydrogen) atoms. The van der Waals surface area contributed by atoms with Crippen LogP contribution in [-0.4, -0.2) is 25.1 Å². The number of fused-ring (bicyclic) bond motifs is 1. The molecule has 3 rings (SSSR count). The molecule has 8 nitrogen and oxygen atoms in total. The zero-order valence-corrected chi connectivity index (χ0v) is 11.2. The van der Waals surface area contributed by atoms with E-state index in [1.807, 2.05) is 6.92 Å². The van der Waals surface area contributed by atoms with Crippen LogP contribution in [0, 0.1) is 17.0 Å². The van der Waals surface area contributed by atoms with E-state index < -0.39 is 4.92 Å². The lowest BCUT2D eigenvalue weighted by Crippen LogP contribution is -2.03. The normalized spacial score (nSPS) is 10.7. The van der Waals surface area contributed by atoms with Crippen molar-refractivity contribution in [1.82, 2.24) is 20.2 Å². The fourth-order valence-electron chi connectivity index (χ4n) is 2.03. The molecular weight excluding hydrogens is 272 g/mol. The molecule has 0 unspecified atom stereocenters. The predicted molar refractivity (Wildman–Crippen MR) is 76.8 cm³/mol. The first-order valence-electron chi connectivity index (χ1n) is 6.27. The minimum absolute atomic E-state index is 0.0137. The molecule has 0 bridgehead atoms. The van der Waals surface area contributed by atoms with E-state index in [1.54, 1.807) is 12.3 Å². The van der Waals surface area contributed by atoms with Gasteiger partial charge in [0.25, 0.3) is 5.69 Å². The lowest BCUT2D eigenvalue weighted by molar-refractivity contribution is -0.384. The Morgan fingerprint density at radius 3 is 2.95 bits per heavy atom. The van der Waals surface area contributed by atoms with Gasteiger partial charge in [-0.25, -0.2) is 9.97 Å². The minimum atomic E-state index is -0.434. The summed E-state index contributed by atoms with van der Waals surface area (Å²) in [6, 6.07) is 4.52. The van der Waals surface area contributed by atoms with Crippen molar-refractivity contribution in [2.45, 2.75) is 13.5 Å². The molecule has 0 aliphatic rings. The Morgan fingerprint density at radius 2 is 2.24 bits per heavy atom. The smallest absolute Gasteiger partial charge is 0.270 e. The number of anilines is 1. The first-order valence-corrected chi connectivity index (χ1v) is 6.27. The molecule has 0 saturated heterocycles. The van der Waals surface area contributed by atoms with Gasteiger partial charge in [-0.2, -0.15) is 5.10 Å². The van der Waals surface area contributed by atoms with Crippen molar-refractivity contribution in [3.63, 3.8) is 0 Å². The summed E-state index contributed by atoms with van der Waals surface area (Å²) in [6.45, 7) is 2.45. The second-order valence-electron chi connectivity index (χ2n) is 4.55. The third-order valence-corrected chi connectivity index (χ3v) is 3.21. The number of aromatic nitrogens is 4. The number of aromatic amines is 1. The highest BCUT2D eigenvalue weighted by molar-refractivity contribution is 5.90. The highest BCUT2D eigenvalue weighted by Crippen LogP contribution is 2.24. The topological polar surface area (TPSA) is 110 Å². The summed E-state index contributed by atoms with van der Waals surface area (Å²) in [5.41, 5.74) is 2.64. The Kier molecular flexibility index (Phi) is 3.19. The Hall–Kier alpha value is -3.03. The van der Waals surface area contributed by atoms with E-state index in [-0.39, 0.29) is 5.69 Å². The number of aryl methyl sites for hydroxylation is 1. The summed E-state index contributed by atoms with van der Waals surface area (Å²) in [6.07, 6.45) is 3.16. The van der Waals surface area contributed by atoms with Gasteiger partial charge in [0, 0.05) is 35.3 Å². The van der Waals surface area contributed by atoms with Gasteiger partial charge in [0.15, 0.2) is 0 Å². The number of H-pyrrole nitrogens is 1. The third-order valence-electron chi connectivity index (χ3n) is 3.21. The lowest BCUT2D eigenvalue weighted by atomic mass is 10.2. The van der Waals surface area contributed by atoms with Gasteiger partial charge in [-0.15, -0.1) is 0 Å². The maximum absolute atomic E-state index is 10.9. The fraction of sp³-hybridized carbons (Fsp3) is 0.154. The maximum atomic E-state index is 10.9. The van der Waals surface area contributed by atoms with Gasteiger partial charge >= 0.3 is 0 Å². The van der Waals surface area contributed by atoms with Gasteiger partial charge in [0.05, 0.1) is 16.6 Å². The molecule has 0 aliphatic heterocycles. The second-order valence-corrected chi connectivity index (χ2v) is 4.55. The van der Waals surface area contributed by atoms with Crippen LogP contribution >= 0.6 is 0 Å². The van der Waals surface area contributed by atoms with Crippen molar-refractivity contribution in [2.75, 3.05) is 5.32 Å². The quantitative estimate of drug-likeness (QED) is 0.561. The largest absolute Gasteiger partial charge is 0.365 e. The van der Waals surface area contributed by atoms with Gasteiger partial charge in [-0.05, 0) is 13.0 Å². The lowest BCUT2D eigenvalue weighted by Gasteiger charge is -2.07. The molecule has 0 aliphatic carbocycles. The molecule has 0 fully saturated rings. The molecule has 0 amide bonds. The highest BCUT2D eigenvalue weighted by atomic mass is 16.6. The summed E-state index contributed by atoms with van der Waals surface area (Å²) >= 11 is 0. The minimum Gasteiger partial charge on any atom is -0.365 e. The molecular formula is C13H12N6O2. The number of rotatable bonds is 4. The van der Waals surface area contributed by atoms with Gasteiger partial charge in [-0.3, -0.25) is 15.2 Å². The summed E-state index contributed by atoms with van der Waals surface area (Å²) in [5.74, 6) is 0.560. The van der Waals surface area contributed by atoms with E-state index in [4.69, 9.17) is 0 Å². The van der Waals surface area contributed by atoms with Gasteiger partial charge in [-0.1, -0.05) is 0 Å². The Labute approximate surface area is 119 Å². The number of nitro benzene ring substituents is 1. The first kappa shape index (κ1) is 13.0. The molecule has 2 N–H and O–H groups in total. The highest BCUT2D eigenvalue weighted by Gasteiger charge is 2.11. The number of hydrogen-bond donors (Lipinski definition) is 2. The fourth-order valence-corrected chi connectivity index (χ4v) is 2.03. The second kappa shape index (κ2) is 5.16.